The quantitative estimate of drug-likeness (QED) is 0.518. The van der Waals surface area contributed by atoms with E-state index in [-0.39, 0.29) is 0 Å². The second-order valence-corrected chi connectivity index (χ2v) is 4.25. The molecule has 0 aromatic carbocycles. The van der Waals surface area contributed by atoms with Crippen molar-refractivity contribution in [1.29, 1.82) is 0 Å². The fraction of sp³-hybridized carbons (Fsp3) is 0.778. The number of carboxylic acid groups (broad SMARTS) is 2. The van der Waals surface area contributed by atoms with E-state index in [2.05, 4.69) is 0 Å². The minimum absolute atomic E-state index is 1.09. The maximum Gasteiger partial charge on any atom is 0.165 e. The van der Waals surface area contributed by atoms with E-state index in [1.165, 1.54) is 13.8 Å². The predicted molar refractivity (Wildman–Crippen MR) is 43.1 cm³/mol. The number of ether oxygens (including phenoxy) is 2. The van der Waals surface area contributed by atoms with Crippen molar-refractivity contribution in [1.82, 2.24) is 0 Å². The highest BCUT2D eigenvalue weighted by Crippen LogP contribution is 2.43. The molecule has 6 nitrogen and oxygen atoms in total. The van der Waals surface area contributed by atoms with Gasteiger partial charge in [-0.3, -0.25) is 0 Å². The van der Waals surface area contributed by atoms with Gasteiger partial charge in [-0.15, -0.1) is 0 Å². The summed E-state index contributed by atoms with van der Waals surface area (Å²) in [6, 6.07) is 0. The average Bonchev–Trinajstić information content (AvgIpc) is 2.19. The Labute approximate surface area is 86.8 Å². The highest BCUT2D eigenvalue weighted by molar-refractivity contribution is 5.89. The summed E-state index contributed by atoms with van der Waals surface area (Å²) in [7, 11) is 0. The van der Waals surface area contributed by atoms with Crippen LogP contribution in [0.1, 0.15) is 27.7 Å². The van der Waals surface area contributed by atoms with Crippen molar-refractivity contribution < 1.29 is 29.3 Å². The van der Waals surface area contributed by atoms with Crippen molar-refractivity contribution in [2.45, 2.75) is 44.7 Å². The first-order chi connectivity index (χ1) is 6.55. The van der Waals surface area contributed by atoms with E-state index in [1.54, 1.807) is 0 Å². The van der Waals surface area contributed by atoms with E-state index in [1.807, 2.05) is 0 Å². The molecule has 0 aromatic rings. The smallest absolute Gasteiger partial charge is 0.165 e. The van der Waals surface area contributed by atoms with Gasteiger partial charge in [0.05, 0.1) is 11.9 Å². The maximum atomic E-state index is 10.9. The van der Waals surface area contributed by atoms with E-state index < -0.39 is 28.9 Å². The lowest BCUT2D eigenvalue weighted by molar-refractivity contribution is -0.343. The number of rotatable bonds is 2. The van der Waals surface area contributed by atoms with Gasteiger partial charge >= 0.3 is 0 Å². The van der Waals surface area contributed by atoms with E-state index >= 15 is 0 Å². The molecule has 15 heavy (non-hydrogen) atoms. The normalized spacial score (nSPS) is 38.9. The van der Waals surface area contributed by atoms with Gasteiger partial charge in [-0.05, 0) is 27.7 Å². The van der Waals surface area contributed by atoms with Gasteiger partial charge in [0.25, 0.3) is 0 Å². The Hall–Kier alpha value is -1.14. The summed E-state index contributed by atoms with van der Waals surface area (Å²) in [4.78, 5) is 21.8. The summed E-state index contributed by atoms with van der Waals surface area (Å²) in [5.41, 5.74) is -4.15. The first kappa shape index (κ1) is 11.9. The fourth-order valence-electron chi connectivity index (χ4n) is 1.67. The molecule has 1 fully saturated rings. The molecule has 0 bridgehead atoms. The Balaban J connectivity index is 3.27. The molecule has 0 aromatic heterocycles. The Kier molecular flexibility index (Phi) is 2.33. The van der Waals surface area contributed by atoms with E-state index in [9.17, 15) is 19.8 Å². The first-order valence-corrected chi connectivity index (χ1v) is 4.38. The number of carbonyl (C=O) groups is 2. The van der Waals surface area contributed by atoms with Gasteiger partial charge in [0.1, 0.15) is 11.2 Å². The number of aliphatic carboxylic acids is 2. The molecule has 6 heteroatoms. The summed E-state index contributed by atoms with van der Waals surface area (Å²) in [6.07, 6.45) is 0. The fourth-order valence-corrected chi connectivity index (χ4v) is 1.67. The van der Waals surface area contributed by atoms with Gasteiger partial charge in [-0.1, -0.05) is 0 Å². The Morgan fingerprint density at radius 3 is 1.33 bits per heavy atom. The molecule has 0 unspecified atom stereocenters. The summed E-state index contributed by atoms with van der Waals surface area (Å²) in [5.74, 6) is -4.62. The van der Waals surface area contributed by atoms with Crippen LogP contribution in [0.4, 0.5) is 0 Å². The minimum atomic E-state index is -2.07. The van der Waals surface area contributed by atoms with Crippen LogP contribution < -0.4 is 10.2 Å². The van der Waals surface area contributed by atoms with Gasteiger partial charge < -0.3 is 29.3 Å². The molecule has 1 aliphatic heterocycles. The van der Waals surface area contributed by atoms with Crippen LogP contribution >= 0.6 is 0 Å². The molecule has 1 aliphatic rings. The monoisotopic (exact) mass is 216 g/mol. The van der Waals surface area contributed by atoms with Crippen molar-refractivity contribution in [2.24, 2.45) is 0 Å². The zero-order chi connectivity index (χ0) is 12.1. The van der Waals surface area contributed by atoms with Gasteiger partial charge in [0.2, 0.25) is 0 Å². The van der Waals surface area contributed by atoms with Gasteiger partial charge in [0, 0.05) is 0 Å². The van der Waals surface area contributed by atoms with Crippen LogP contribution in [-0.4, -0.2) is 28.9 Å². The van der Waals surface area contributed by atoms with Crippen LogP contribution in [0.5, 0.6) is 0 Å². The van der Waals surface area contributed by atoms with E-state index in [0.717, 1.165) is 13.8 Å². The van der Waals surface area contributed by atoms with Crippen LogP contribution in [-0.2, 0) is 19.1 Å². The Morgan fingerprint density at radius 2 is 1.13 bits per heavy atom. The predicted octanol–water partition coefficient (Wildman–Crippen LogP) is -2.21. The van der Waals surface area contributed by atoms with Crippen LogP contribution in [0.25, 0.3) is 0 Å². The molecule has 0 amide bonds. The van der Waals surface area contributed by atoms with Gasteiger partial charge in [-0.2, -0.15) is 0 Å². The maximum absolute atomic E-state index is 10.9. The number of hydrogen-bond acceptors (Lipinski definition) is 6. The topological polar surface area (TPSA) is 98.7 Å². The molecule has 0 radical (unpaired) electrons. The number of hydrogen-bond donors (Lipinski definition) is 0. The third-order valence-electron chi connectivity index (χ3n) is 2.59. The van der Waals surface area contributed by atoms with Crippen molar-refractivity contribution in [3.8, 4) is 0 Å². The molecule has 1 rings (SSSR count). The summed E-state index contributed by atoms with van der Waals surface area (Å²) in [5, 5.41) is 21.8. The Morgan fingerprint density at radius 1 is 0.867 bits per heavy atom. The zero-order valence-electron chi connectivity index (χ0n) is 8.95. The van der Waals surface area contributed by atoms with Crippen LogP contribution in [0.2, 0.25) is 0 Å². The first-order valence-electron chi connectivity index (χ1n) is 4.38. The van der Waals surface area contributed by atoms with Crippen molar-refractivity contribution in [3.63, 3.8) is 0 Å². The summed E-state index contributed by atoms with van der Waals surface area (Å²) >= 11 is 0. The van der Waals surface area contributed by atoms with Gasteiger partial charge in [0.15, 0.2) is 5.79 Å². The third kappa shape index (κ3) is 1.49. The lowest BCUT2D eigenvalue weighted by Crippen LogP contribution is -2.65. The lowest BCUT2D eigenvalue weighted by atomic mass is 9.86. The SMILES string of the molecule is CC1(C)O[C@](C)(C(=O)[O-])[C@@](C)(C(=O)[O-])O1. The number of carboxylic acids is 2. The highest BCUT2D eigenvalue weighted by atomic mass is 16.8. The molecule has 0 aliphatic carbocycles. The molecular weight excluding hydrogens is 204 g/mol. The standard InChI is InChI=1S/C9H14O6/c1-7(2)14-8(3,5(10)11)9(4,15-7)6(12)13/h1-4H3,(H,10,11)(H,12,13)/p-2/t8-,9-/m1/s1. The summed E-state index contributed by atoms with van der Waals surface area (Å²) < 4.78 is 10.1. The molecular formula is C9H12O6-2. The highest BCUT2D eigenvalue weighted by Gasteiger charge is 2.60. The molecule has 1 heterocycles. The minimum Gasteiger partial charge on any atom is -0.547 e. The van der Waals surface area contributed by atoms with Gasteiger partial charge in [-0.25, -0.2) is 0 Å². The summed E-state index contributed by atoms with van der Waals surface area (Å²) in [6.45, 7) is 5.02. The molecule has 2 atom stereocenters. The lowest BCUT2D eigenvalue weighted by Gasteiger charge is -2.38. The second-order valence-electron chi connectivity index (χ2n) is 4.25. The van der Waals surface area contributed by atoms with Crippen LogP contribution in [0.15, 0.2) is 0 Å². The average molecular weight is 216 g/mol. The zero-order valence-corrected chi connectivity index (χ0v) is 8.95. The van der Waals surface area contributed by atoms with Crippen LogP contribution in [0, 0.1) is 0 Å². The third-order valence-corrected chi connectivity index (χ3v) is 2.59. The van der Waals surface area contributed by atoms with Crippen molar-refractivity contribution in [2.75, 3.05) is 0 Å². The molecule has 0 N–H and O–H groups in total. The van der Waals surface area contributed by atoms with Crippen molar-refractivity contribution in [3.05, 3.63) is 0 Å². The Bertz CT molecular complexity index is 293. The number of carbonyl (C=O) groups excluding carboxylic acids is 2. The molecule has 0 saturated carbocycles. The second kappa shape index (κ2) is 2.93. The molecule has 0 spiro atoms. The van der Waals surface area contributed by atoms with Crippen LogP contribution in [0.3, 0.4) is 0 Å². The largest absolute Gasteiger partial charge is 0.547 e. The van der Waals surface area contributed by atoms with E-state index in [0.29, 0.717) is 0 Å². The van der Waals surface area contributed by atoms with Crippen molar-refractivity contribution >= 4 is 11.9 Å². The molecule has 1 saturated heterocycles. The van der Waals surface area contributed by atoms with E-state index in [4.69, 9.17) is 9.47 Å². The molecule has 86 valence electrons.